The van der Waals surface area contributed by atoms with E-state index in [0.717, 1.165) is 48.1 Å². The second kappa shape index (κ2) is 8.67. The molecule has 0 unspecified atom stereocenters. The van der Waals surface area contributed by atoms with Crippen molar-refractivity contribution < 1.29 is 19.0 Å². The fraction of sp³-hybridized carbons (Fsp3) is 0.348. The number of ether oxygens (including phenoxy) is 3. The van der Waals surface area contributed by atoms with Gasteiger partial charge in [-0.25, -0.2) is 0 Å². The van der Waals surface area contributed by atoms with Crippen LogP contribution in [0.5, 0.6) is 17.2 Å². The van der Waals surface area contributed by atoms with Crippen molar-refractivity contribution in [1.82, 2.24) is 10.2 Å². The van der Waals surface area contributed by atoms with E-state index in [-0.39, 0.29) is 0 Å². The van der Waals surface area contributed by atoms with E-state index in [1.807, 2.05) is 18.2 Å². The maximum Gasteiger partial charge on any atom is 0.248 e. The monoisotopic (exact) mass is 422 g/mol. The third-order valence-corrected chi connectivity index (χ3v) is 5.89. The van der Waals surface area contributed by atoms with E-state index >= 15 is 0 Å². The number of carbonyl (C=O) groups excluding carboxylic acids is 1. The van der Waals surface area contributed by atoms with Gasteiger partial charge in [-0.15, -0.1) is 5.10 Å². The number of methoxy groups -OCH3 is 3. The maximum absolute atomic E-state index is 11.5. The van der Waals surface area contributed by atoms with Gasteiger partial charge in [0.25, 0.3) is 0 Å². The fourth-order valence-electron chi connectivity index (χ4n) is 4.29. The van der Waals surface area contributed by atoms with Crippen LogP contribution in [0.3, 0.4) is 0 Å². The predicted octanol–water partition coefficient (Wildman–Crippen LogP) is 3.14. The summed E-state index contributed by atoms with van der Waals surface area (Å²) in [5.41, 5.74) is 7.13. The van der Waals surface area contributed by atoms with Crippen molar-refractivity contribution in [3.05, 3.63) is 47.7 Å². The first kappa shape index (κ1) is 20.7. The van der Waals surface area contributed by atoms with Gasteiger partial charge in [0.05, 0.1) is 32.9 Å². The van der Waals surface area contributed by atoms with E-state index in [0.29, 0.717) is 28.7 Å². The second-order valence-corrected chi connectivity index (χ2v) is 7.53. The van der Waals surface area contributed by atoms with Gasteiger partial charge in [0.15, 0.2) is 17.3 Å². The highest BCUT2D eigenvalue weighted by molar-refractivity contribution is 5.99. The quantitative estimate of drug-likeness (QED) is 0.651. The van der Waals surface area contributed by atoms with Crippen LogP contribution >= 0.6 is 0 Å². The van der Waals surface area contributed by atoms with Crippen LogP contribution in [0.4, 0.5) is 5.82 Å². The number of hydrogen-bond acceptors (Lipinski definition) is 7. The van der Waals surface area contributed by atoms with Crippen molar-refractivity contribution in [3.63, 3.8) is 0 Å². The van der Waals surface area contributed by atoms with Gasteiger partial charge in [-0.3, -0.25) is 4.79 Å². The molecule has 1 aliphatic rings. The van der Waals surface area contributed by atoms with Crippen molar-refractivity contribution >= 4 is 22.5 Å². The van der Waals surface area contributed by atoms with Gasteiger partial charge in [-0.1, -0.05) is 12.1 Å². The number of nitrogens with two attached hydrogens (primary N) is 1. The summed E-state index contributed by atoms with van der Waals surface area (Å²) in [5.74, 6) is 2.45. The average molecular weight is 422 g/mol. The molecule has 0 radical (unpaired) electrons. The lowest BCUT2D eigenvalue weighted by molar-refractivity contribution is 0.1000. The van der Waals surface area contributed by atoms with Gasteiger partial charge < -0.3 is 24.8 Å². The molecular formula is C23H26N4O4. The van der Waals surface area contributed by atoms with E-state index in [1.54, 1.807) is 33.6 Å². The average Bonchev–Trinajstić information content (AvgIpc) is 2.82. The lowest BCUT2D eigenvalue weighted by Crippen LogP contribution is -2.33. The van der Waals surface area contributed by atoms with Crippen molar-refractivity contribution in [1.29, 1.82) is 0 Å². The van der Waals surface area contributed by atoms with E-state index in [2.05, 4.69) is 21.2 Å². The highest BCUT2D eigenvalue weighted by atomic mass is 16.5. The van der Waals surface area contributed by atoms with Crippen molar-refractivity contribution in [2.45, 2.75) is 18.8 Å². The molecule has 1 fully saturated rings. The molecule has 0 atom stereocenters. The Balaban J connectivity index is 1.63. The molecule has 2 N–H and O–H groups in total. The summed E-state index contributed by atoms with van der Waals surface area (Å²) in [5, 5.41) is 10.4. The van der Waals surface area contributed by atoms with Gasteiger partial charge in [-0.2, -0.15) is 5.10 Å². The first-order valence-electron chi connectivity index (χ1n) is 10.2. The van der Waals surface area contributed by atoms with Gasteiger partial charge in [0, 0.05) is 24.0 Å². The Morgan fingerprint density at radius 3 is 2.42 bits per heavy atom. The lowest BCUT2D eigenvalue weighted by atomic mass is 9.88. The van der Waals surface area contributed by atoms with Crippen molar-refractivity contribution in [2.75, 3.05) is 39.3 Å². The standard InChI is InChI=1S/C23H26N4O4/c1-29-19-12-17-18(20(30-2)21(19)31-3)13-25-26-23(17)27-9-7-14(8-10-27)15-5-4-6-16(11-15)22(24)28/h4-6,11-14H,7-10H2,1-3H3,(H2,24,28). The van der Waals surface area contributed by atoms with Crippen LogP contribution in [0.2, 0.25) is 0 Å². The number of amides is 1. The van der Waals surface area contributed by atoms with Crippen LogP contribution < -0.4 is 24.8 Å². The topological polar surface area (TPSA) is 99.8 Å². The van der Waals surface area contributed by atoms with Gasteiger partial charge in [0.1, 0.15) is 0 Å². The summed E-state index contributed by atoms with van der Waals surface area (Å²) in [6.45, 7) is 1.63. The minimum absolute atomic E-state index is 0.364. The molecule has 4 rings (SSSR count). The fourth-order valence-corrected chi connectivity index (χ4v) is 4.29. The Bertz CT molecular complexity index is 1110. The van der Waals surface area contributed by atoms with Crippen LogP contribution in [-0.4, -0.2) is 50.5 Å². The summed E-state index contributed by atoms with van der Waals surface area (Å²) in [6, 6.07) is 9.53. The summed E-state index contributed by atoms with van der Waals surface area (Å²) in [7, 11) is 4.78. The molecule has 2 aromatic carbocycles. The molecule has 8 heteroatoms. The molecule has 0 saturated carbocycles. The normalized spacial score (nSPS) is 14.5. The molecule has 162 valence electrons. The number of aromatic nitrogens is 2. The van der Waals surface area contributed by atoms with Gasteiger partial charge in [-0.05, 0) is 42.5 Å². The largest absolute Gasteiger partial charge is 0.493 e. The zero-order valence-corrected chi connectivity index (χ0v) is 17.9. The number of nitrogens with zero attached hydrogens (tertiary/aromatic N) is 3. The van der Waals surface area contributed by atoms with Gasteiger partial charge >= 0.3 is 0 Å². The number of primary amides is 1. The Labute approximate surface area is 180 Å². The molecule has 2 heterocycles. The van der Waals surface area contributed by atoms with E-state index in [1.165, 1.54) is 0 Å². The molecule has 31 heavy (non-hydrogen) atoms. The van der Waals surface area contributed by atoms with Crippen LogP contribution in [0.1, 0.15) is 34.7 Å². The van der Waals surface area contributed by atoms with Crippen molar-refractivity contribution in [3.8, 4) is 17.2 Å². The smallest absolute Gasteiger partial charge is 0.248 e. The minimum Gasteiger partial charge on any atom is -0.493 e. The number of anilines is 1. The summed E-state index contributed by atoms with van der Waals surface area (Å²) >= 11 is 0. The zero-order chi connectivity index (χ0) is 22.0. The number of rotatable bonds is 6. The number of benzene rings is 2. The Morgan fingerprint density at radius 2 is 1.77 bits per heavy atom. The number of piperidine rings is 1. The second-order valence-electron chi connectivity index (χ2n) is 7.53. The van der Waals surface area contributed by atoms with Crippen LogP contribution in [0, 0.1) is 0 Å². The summed E-state index contributed by atoms with van der Waals surface area (Å²) < 4.78 is 16.6. The molecule has 0 aliphatic carbocycles. The molecular weight excluding hydrogens is 396 g/mol. The molecule has 8 nitrogen and oxygen atoms in total. The highest BCUT2D eigenvalue weighted by Gasteiger charge is 2.25. The summed E-state index contributed by atoms with van der Waals surface area (Å²) in [4.78, 5) is 13.7. The number of carbonyl (C=O) groups is 1. The molecule has 1 amide bonds. The van der Waals surface area contributed by atoms with E-state index in [9.17, 15) is 4.79 Å². The lowest BCUT2D eigenvalue weighted by Gasteiger charge is -2.33. The Kier molecular flexibility index (Phi) is 5.79. The Morgan fingerprint density at radius 1 is 1.03 bits per heavy atom. The minimum atomic E-state index is -0.399. The van der Waals surface area contributed by atoms with Crippen LogP contribution in [-0.2, 0) is 0 Å². The molecule has 0 bridgehead atoms. The zero-order valence-electron chi connectivity index (χ0n) is 17.9. The predicted molar refractivity (Wildman–Crippen MR) is 118 cm³/mol. The SMILES string of the molecule is COc1cc2c(N3CCC(c4cccc(C(N)=O)c4)CC3)nncc2c(OC)c1OC. The van der Waals surface area contributed by atoms with E-state index < -0.39 is 5.91 Å². The molecule has 0 spiro atoms. The number of fused-ring (bicyclic) bond motifs is 1. The van der Waals surface area contributed by atoms with Gasteiger partial charge in [0.2, 0.25) is 11.7 Å². The van der Waals surface area contributed by atoms with Crippen molar-refractivity contribution in [2.24, 2.45) is 5.73 Å². The molecule has 1 aromatic heterocycles. The molecule has 1 saturated heterocycles. The molecule has 1 aliphatic heterocycles. The van der Waals surface area contributed by atoms with E-state index in [4.69, 9.17) is 19.9 Å². The Hall–Kier alpha value is -3.55. The third-order valence-electron chi connectivity index (χ3n) is 5.89. The first-order valence-corrected chi connectivity index (χ1v) is 10.2. The maximum atomic E-state index is 11.5. The van der Waals surface area contributed by atoms with Crippen LogP contribution in [0.25, 0.3) is 10.8 Å². The third kappa shape index (κ3) is 3.81. The number of hydrogen-bond donors (Lipinski definition) is 1. The first-order chi connectivity index (χ1) is 15.1. The molecule has 3 aromatic rings. The summed E-state index contributed by atoms with van der Waals surface area (Å²) in [6.07, 6.45) is 3.55. The highest BCUT2D eigenvalue weighted by Crippen LogP contribution is 2.45. The van der Waals surface area contributed by atoms with Crippen LogP contribution in [0.15, 0.2) is 36.5 Å².